The molecule has 0 saturated carbocycles. The van der Waals surface area contributed by atoms with Crippen LogP contribution in [0.5, 0.6) is 0 Å². The van der Waals surface area contributed by atoms with Crippen molar-refractivity contribution in [1.29, 1.82) is 0 Å². The van der Waals surface area contributed by atoms with Gasteiger partial charge in [0.25, 0.3) is 11.5 Å². The first-order chi connectivity index (χ1) is 18.2. The molecule has 7 heteroatoms. The Labute approximate surface area is 225 Å². The molecule has 0 radical (unpaired) electrons. The van der Waals surface area contributed by atoms with Gasteiger partial charge in [-0.1, -0.05) is 6.07 Å². The second kappa shape index (κ2) is 10.7. The zero-order chi connectivity index (χ0) is 27.0. The summed E-state index contributed by atoms with van der Waals surface area (Å²) in [6, 6.07) is 6.68. The number of aryl methyl sites for hydroxylation is 2. The van der Waals surface area contributed by atoms with Crippen molar-refractivity contribution in [3.05, 3.63) is 91.8 Å². The van der Waals surface area contributed by atoms with Gasteiger partial charge in [-0.15, -0.1) is 0 Å². The number of nitrogens with one attached hydrogen (secondary N) is 3. The van der Waals surface area contributed by atoms with E-state index in [1.54, 1.807) is 0 Å². The highest BCUT2D eigenvalue weighted by Gasteiger charge is 2.36. The molecule has 3 N–H and O–H groups in total. The van der Waals surface area contributed by atoms with E-state index in [-0.39, 0.29) is 24.1 Å². The van der Waals surface area contributed by atoms with Crippen molar-refractivity contribution < 1.29 is 4.79 Å². The predicted octanol–water partition coefficient (Wildman–Crippen LogP) is 4.25. The van der Waals surface area contributed by atoms with Crippen LogP contribution < -0.4 is 16.2 Å². The molecule has 7 nitrogen and oxygen atoms in total. The Kier molecular flexibility index (Phi) is 7.39. The van der Waals surface area contributed by atoms with Crippen molar-refractivity contribution in [2.24, 2.45) is 0 Å². The van der Waals surface area contributed by atoms with E-state index in [9.17, 15) is 9.59 Å². The number of nitrogens with zero attached hydrogens (tertiary/aromatic N) is 2. The van der Waals surface area contributed by atoms with Gasteiger partial charge in [0.1, 0.15) is 0 Å². The van der Waals surface area contributed by atoms with E-state index in [1.807, 2.05) is 32.2 Å². The molecular weight excluding hydrogens is 474 g/mol. The minimum absolute atomic E-state index is 0.101. The smallest absolute Gasteiger partial charge is 0.253 e. The number of hydrogen-bond acceptors (Lipinski definition) is 5. The molecule has 1 atom stereocenters. The number of rotatable bonds is 6. The summed E-state index contributed by atoms with van der Waals surface area (Å²) in [6.45, 7) is 12.5. The predicted molar refractivity (Wildman–Crippen MR) is 152 cm³/mol. The molecule has 200 valence electrons. The van der Waals surface area contributed by atoms with Crippen molar-refractivity contribution in [3.63, 3.8) is 0 Å². The summed E-state index contributed by atoms with van der Waals surface area (Å²) in [5.41, 5.74) is 8.34. The third kappa shape index (κ3) is 5.12. The Morgan fingerprint density at radius 1 is 1.18 bits per heavy atom. The lowest BCUT2D eigenvalue weighted by Crippen LogP contribution is -2.37. The molecule has 1 saturated heterocycles. The Morgan fingerprint density at radius 3 is 2.61 bits per heavy atom. The molecule has 1 amide bonds. The van der Waals surface area contributed by atoms with Crippen molar-refractivity contribution in [2.75, 3.05) is 13.1 Å². The van der Waals surface area contributed by atoms with Gasteiger partial charge in [-0.2, -0.15) is 0 Å². The van der Waals surface area contributed by atoms with Crippen molar-refractivity contribution in [2.45, 2.75) is 78.4 Å². The molecule has 1 aliphatic carbocycles. The second-order valence-corrected chi connectivity index (χ2v) is 11.2. The normalized spacial score (nSPS) is 19.9. The number of piperidine rings is 1. The molecule has 3 aliphatic rings. The zero-order valence-electron chi connectivity index (χ0n) is 23.1. The minimum Gasteiger partial charge on any atom is -0.367 e. The molecule has 2 aromatic rings. The quantitative estimate of drug-likeness (QED) is 0.537. The van der Waals surface area contributed by atoms with Crippen LogP contribution in [0, 0.1) is 13.8 Å². The van der Waals surface area contributed by atoms with Gasteiger partial charge in [0.2, 0.25) is 0 Å². The Balaban J connectivity index is 1.45. The monoisotopic (exact) mass is 513 g/mol. The largest absolute Gasteiger partial charge is 0.367 e. The SMILES string of the molecule is CC1=CN(C(C)C)C2CC(c3ccc(C4CCNCC4)nc3)=CC(C(=O)NCc3c(C)cc(C)[nH]c3=O)=C12. The van der Waals surface area contributed by atoms with E-state index in [0.29, 0.717) is 23.1 Å². The lowest BCUT2D eigenvalue weighted by Gasteiger charge is -2.34. The number of fused-ring (bicyclic) bond motifs is 1. The van der Waals surface area contributed by atoms with Crippen molar-refractivity contribution in [3.8, 4) is 0 Å². The number of carbonyl (C=O) groups is 1. The lowest BCUT2D eigenvalue weighted by molar-refractivity contribution is -0.117. The number of amides is 1. The summed E-state index contributed by atoms with van der Waals surface area (Å²) in [7, 11) is 0. The van der Waals surface area contributed by atoms with Crippen LogP contribution in [0.4, 0.5) is 0 Å². The molecule has 0 spiro atoms. The number of carbonyl (C=O) groups excluding carboxylic acids is 1. The van der Waals surface area contributed by atoms with Gasteiger partial charge >= 0.3 is 0 Å². The number of H-pyrrole nitrogens is 1. The van der Waals surface area contributed by atoms with E-state index in [4.69, 9.17) is 4.98 Å². The molecule has 1 unspecified atom stereocenters. The maximum atomic E-state index is 13.7. The van der Waals surface area contributed by atoms with E-state index in [2.05, 4.69) is 59.6 Å². The highest BCUT2D eigenvalue weighted by Crippen LogP contribution is 2.41. The topological polar surface area (TPSA) is 90.1 Å². The third-order valence-corrected chi connectivity index (χ3v) is 8.16. The molecule has 4 heterocycles. The van der Waals surface area contributed by atoms with Gasteiger partial charge in [0.05, 0.1) is 6.04 Å². The molecule has 38 heavy (non-hydrogen) atoms. The first kappa shape index (κ1) is 26.2. The van der Waals surface area contributed by atoms with Crippen LogP contribution in [0.3, 0.4) is 0 Å². The zero-order valence-corrected chi connectivity index (χ0v) is 23.1. The molecule has 0 aromatic carbocycles. The van der Waals surface area contributed by atoms with Crippen LogP contribution >= 0.6 is 0 Å². The van der Waals surface area contributed by atoms with Crippen LogP contribution in [0.25, 0.3) is 5.57 Å². The van der Waals surface area contributed by atoms with Gasteiger partial charge in [-0.3, -0.25) is 14.6 Å². The highest BCUT2D eigenvalue weighted by atomic mass is 16.2. The molecule has 0 bridgehead atoms. The molecule has 2 aromatic heterocycles. The molecule has 2 aliphatic heterocycles. The van der Waals surface area contributed by atoms with E-state index in [1.165, 1.54) is 0 Å². The first-order valence-corrected chi connectivity index (χ1v) is 13.8. The van der Waals surface area contributed by atoms with Crippen LogP contribution in [0.15, 0.2) is 58.2 Å². The average Bonchev–Trinajstić information content (AvgIpc) is 3.24. The molecule has 5 rings (SSSR count). The fourth-order valence-electron chi connectivity index (χ4n) is 6.13. The van der Waals surface area contributed by atoms with Crippen LogP contribution in [-0.4, -0.2) is 45.9 Å². The highest BCUT2D eigenvalue weighted by molar-refractivity contribution is 6.01. The van der Waals surface area contributed by atoms with Gasteiger partial charge in [0.15, 0.2) is 0 Å². The maximum absolute atomic E-state index is 13.7. The van der Waals surface area contributed by atoms with Crippen LogP contribution in [-0.2, 0) is 11.3 Å². The molecular formula is C31H39N5O2. The number of aromatic amines is 1. The molecule has 1 fully saturated rings. The van der Waals surface area contributed by atoms with Gasteiger partial charge in [-0.05, 0) is 113 Å². The van der Waals surface area contributed by atoms with Crippen LogP contribution in [0.2, 0.25) is 0 Å². The summed E-state index contributed by atoms with van der Waals surface area (Å²) >= 11 is 0. The summed E-state index contributed by atoms with van der Waals surface area (Å²) in [4.78, 5) is 36.3. The van der Waals surface area contributed by atoms with Crippen LogP contribution in [0.1, 0.15) is 74.0 Å². The summed E-state index contributed by atoms with van der Waals surface area (Å²) < 4.78 is 0. The second-order valence-electron chi connectivity index (χ2n) is 11.2. The summed E-state index contributed by atoms with van der Waals surface area (Å²) in [5, 5.41) is 6.46. The summed E-state index contributed by atoms with van der Waals surface area (Å²) in [5.74, 6) is 0.351. The van der Waals surface area contributed by atoms with Gasteiger partial charge in [0, 0.05) is 53.4 Å². The van der Waals surface area contributed by atoms with E-state index < -0.39 is 0 Å². The Morgan fingerprint density at radius 2 is 1.95 bits per heavy atom. The minimum atomic E-state index is -0.154. The maximum Gasteiger partial charge on any atom is 0.253 e. The van der Waals surface area contributed by atoms with Gasteiger partial charge in [-0.25, -0.2) is 0 Å². The fourth-order valence-corrected chi connectivity index (χ4v) is 6.13. The van der Waals surface area contributed by atoms with Gasteiger partial charge < -0.3 is 20.5 Å². The van der Waals surface area contributed by atoms with Crippen molar-refractivity contribution >= 4 is 11.5 Å². The average molecular weight is 514 g/mol. The first-order valence-electron chi connectivity index (χ1n) is 13.8. The Hall–Kier alpha value is -3.45. The van der Waals surface area contributed by atoms with E-state index in [0.717, 1.165) is 71.6 Å². The van der Waals surface area contributed by atoms with Crippen molar-refractivity contribution in [1.82, 2.24) is 25.5 Å². The third-order valence-electron chi connectivity index (χ3n) is 8.16. The lowest BCUT2D eigenvalue weighted by atomic mass is 9.83. The van der Waals surface area contributed by atoms with E-state index >= 15 is 0 Å². The standard InChI is InChI=1S/C31H39N5O2/c1-18(2)36-17-20(4)29-25(30(37)34-16-26-19(3)12-21(5)35-31(26)38)13-24(14-28(29)36)23-6-7-27(33-15-23)22-8-10-32-11-9-22/h6-7,12-13,15,17-18,22,28,32H,8-11,14,16H2,1-5H3,(H,34,37)(H,35,38). The number of aromatic nitrogens is 2. The number of hydrogen-bond donors (Lipinski definition) is 3. The summed E-state index contributed by atoms with van der Waals surface area (Å²) in [6.07, 6.45) is 9.26. The number of pyridine rings is 2. The Bertz CT molecular complexity index is 1370. The fraction of sp³-hybridized carbons (Fsp3) is 0.452.